The van der Waals surface area contributed by atoms with Crippen LogP contribution in [0.3, 0.4) is 0 Å². The normalized spacial score (nSPS) is 15.9. The summed E-state index contributed by atoms with van der Waals surface area (Å²) in [6.07, 6.45) is 5.42. The molecule has 0 radical (unpaired) electrons. The number of carbonyl (C=O) groups is 2. The van der Waals surface area contributed by atoms with Crippen molar-refractivity contribution in [2.45, 2.75) is 45.4 Å². The molecule has 1 aliphatic rings. The molecule has 1 saturated heterocycles. The number of nitrogens with zero attached hydrogens (tertiary/aromatic N) is 4. The van der Waals surface area contributed by atoms with E-state index in [1.807, 2.05) is 61.7 Å². The highest BCUT2D eigenvalue weighted by Crippen LogP contribution is 2.31. The Morgan fingerprint density at radius 1 is 1.12 bits per heavy atom. The van der Waals surface area contributed by atoms with Crippen LogP contribution in [-0.4, -0.2) is 56.2 Å². The largest absolute Gasteiger partial charge is 0.444 e. The van der Waals surface area contributed by atoms with Crippen LogP contribution in [0.4, 0.5) is 4.79 Å². The summed E-state index contributed by atoms with van der Waals surface area (Å²) in [5.41, 5.74) is 2.83. The Bertz CT molecular complexity index is 1160. The van der Waals surface area contributed by atoms with Gasteiger partial charge in [-0.3, -0.25) is 9.78 Å². The number of likely N-dealkylation sites (tertiary alicyclic amines) is 1. The average Bonchev–Trinajstić information content (AvgIpc) is 3.41. The standard InChI is InChI=1S/C25H28ClN5O3/c1-25(2,3)34-24(33)30-13-10-20(14-30)29-21(32)15-31-16-28-22(17-4-6-19(26)7-5-17)23(31)18-8-11-27-12-9-18/h4-9,11-12,16,20H,10,13-15H2,1-3H3,(H,29,32)/t20-/m1/s1. The van der Waals surface area contributed by atoms with Crippen LogP contribution >= 0.6 is 11.6 Å². The predicted octanol–water partition coefficient (Wildman–Crippen LogP) is 4.39. The number of benzene rings is 1. The lowest BCUT2D eigenvalue weighted by Gasteiger charge is -2.24. The van der Waals surface area contributed by atoms with Gasteiger partial charge >= 0.3 is 6.09 Å². The second-order valence-corrected chi connectivity index (χ2v) is 9.73. The number of amides is 2. The number of ether oxygens (including phenoxy) is 1. The molecule has 1 atom stereocenters. The van der Waals surface area contributed by atoms with Gasteiger partial charge in [-0.2, -0.15) is 0 Å². The minimum absolute atomic E-state index is 0.0984. The van der Waals surface area contributed by atoms with E-state index in [4.69, 9.17) is 16.3 Å². The highest BCUT2D eigenvalue weighted by atomic mass is 35.5. The number of imidazole rings is 1. The SMILES string of the molecule is CC(C)(C)OC(=O)N1CC[C@@H](NC(=O)Cn2cnc(-c3ccc(Cl)cc3)c2-c2ccncc2)C1. The molecule has 1 aliphatic heterocycles. The van der Waals surface area contributed by atoms with Gasteiger partial charge < -0.3 is 19.5 Å². The molecule has 3 heterocycles. The molecule has 8 nitrogen and oxygen atoms in total. The Balaban J connectivity index is 1.48. The first kappa shape index (κ1) is 23.8. The highest BCUT2D eigenvalue weighted by Gasteiger charge is 2.30. The van der Waals surface area contributed by atoms with Crippen LogP contribution in [0.2, 0.25) is 5.02 Å². The van der Waals surface area contributed by atoms with E-state index in [2.05, 4.69) is 15.3 Å². The van der Waals surface area contributed by atoms with Crippen molar-refractivity contribution in [3.05, 3.63) is 60.1 Å². The number of aromatic nitrogens is 3. The highest BCUT2D eigenvalue weighted by molar-refractivity contribution is 6.30. The van der Waals surface area contributed by atoms with E-state index in [-0.39, 0.29) is 24.6 Å². The van der Waals surface area contributed by atoms with E-state index in [0.717, 1.165) is 22.5 Å². The molecule has 0 spiro atoms. The predicted molar refractivity (Wildman–Crippen MR) is 130 cm³/mol. The summed E-state index contributed by atoms with van der Waals surface area (Å²) in [4.78, 5) is 35.6. The van der Waals surface area contributed by atoms with Crippen molar-refractivity contribution < 1.29 is 14.3 Å². The smallest absolute Gasteiger partial charge is 0.410 e. The molecule has 9 heteroatoms. The first-order valence-electron chi connectivity index (χ1n) is 11.2. The van der Waals surface area contributed by atoms with Gasteiger partial charge in [-0.1, -0.05) is 23.7 Å². The minimum atomic E-state index is -0.551. The molecule has 2 aromatic heterocycles. The van der Waals surface area contributed by atoms with Crippen molar-refractivity contribution in [1.82, 2.24) is 24.8 Å². The molecule has 178 valence electrons. The molecule has 0 saturated carbocycles. The topological polar surface area (TPSA) is 89.4 Å². The van der Waals surface area contributed by atoms with Gasteiger partial charge in [0, 0.05) is 47.7 Å². The Morgan fingerprint density at radius 2 is 1.82 bits per heavy atom. The molecule has 34 heavy (non-hydrogen) atoms. The summed E-state index contributed by atoms with van der Waals surface area (Å²) in [6.45, 7) is 6.59. The maximum Gasteiger partial charge on any atom is 0.410 e. The summed E-state index contributed by atoms with van der Waals surface area (Å²) in [7, 11) is 0. The van der Waals surface area contributed by atoms with Crippen LogP contribution < -0.4 is 5.32 Å². The van der Waals surface area contributed by atoms with Crippen molar-refractivity contribution in [2.24, 2.45) is 0 Å². The maximum absolute atomic E-state index is 12.9. The van der Waals surface area contributed by atoms with E-state index in [1.54, 1.807) is 23.6 Å². The molecular formula is C25H28ClN5O3. The van der Waals surface area contributed by atoms with E-state index in [9.17, 15) is 9.59 Å². The third-order valence-electron chi connectivity index (χ3n) is 5.43. The van der Waals surface area contributed by atoms with Crippen molar-refractivity contribution in [1.29, 1.82) is 0 Å². The molecular weight excluding hydrogens is 454 g/mol. The summed E-state index contributed by atoms with van der Waals surface area (Å²) in [5.74, 6) is -0.147. The Kier molecular flexibility index (Phi) is 6.88. The Labute approximate surface area is 203 Å². The van der Waals surface area contributed by atoms with Crippen LogP contribution in [-0.2, 0) is 16.1 Å². The Hall–Kier alpha value is -3.39. The Morgan fingerprint density at radius 3 is 2.50 bits per heavy atom. The zero-order valence-corrected chi connectivity index (χ0v) is 20.2. The zero-order chi connectivity index (χ0) is 24.3. The number of pyridine rings is 1. The lowest BCUT2D eigenvalue weighted by atomic mass is 10.1. The summed E-state index contributed by atoms with van der Waals surface area (Å²) < 4.78 is 7.26. The van der Waals surface area contributed by atoms with E-state index in [1.165, 1.54) is 0 Å². The van der Waals surface area contributed by atoms with Gasteiger partial charge in [0.05, 0.1) is 17.7 Å². The van der Waals surface area contributed by atoms with Crippen molar-refractivity contribution in [3.8, 4) is 22.5 Å². The zero-order valence-electron chi connectivity index (χ0n) is 19.5. The van der Waals surface area contributed by atoms with Crippen LogP contribution in [0.5, 0.6) is 0 Å². The van der Waals surface area contributed by atoms with Gasteiger partial charge in [-0.05, 0) is 51.5 Å². The van der Waals surface area contributed by atoms with E-state index < -0.39 is 5.60 Å². The van der Waals surface area contributed by atoms with Crippen molar-refractivity contribution >= 4 is 23.6 Å². The van der Waals surface area contributed by atoms with Gasteiger partial charge in [0.25, 0.3) is 0 Å². The monoisotopic (exact) mass is 481 g/mol. The second kappa shape index (κ2) is 9.85. The fourth-order valence-electron chi connectivity index (χ4n) is 3.93. The van der Waals surface area contributed by atoms with Gasteiger partial charge in [0.15, 0.2) is 0 Å². The van der Waals surface area contributed by atoms with E-state index in [0.29, 0.717) is 24.5 Å². The molecule has 1 aromatic carbocycles. The van der Waals surface area contributed by atoms with Crippen LogP contribution in [0, 0.1) is 0 Å². The molecule has 2 amide bonds. The van der Waals surface area contributed by atoms with Gasteiger partial charge in [0.2, 0.25) is 5.91 Å². The molecule has 1 N–H and O–H groups in total. The minimum Gasteiger partial charge on any atom is -0.444 e. The van der Waals surface area contributed by atoms with Crippen LogP contribution in [0.1, 0.15) is 27.2 Å². The second-order valence-electron chi connectivity index (χ2n) is 9.29. The first-order chi connectivity index (χ1) is 16.2. The molecule has 0 unspecified atom stereocenters. The van der Waals surface area contributed by atoms with Crippen LogP contribution in [0.25, 0.3) is 22.5 Å². The number of rotatable bonds is 5. The summed E-state index contributed by atoms with van der Waals surface area (Å²) >= 11 is 6.05. The van der Waals surface area contributed by atoms with Crippen molar-refractivity contribution in [3.63, 3.8) is 0 Å². The number of nitrogens with one attached hydrogen (secondary N) is 1. The lowest BCUT2D eigenvalue weighted by molar-refractivity contribution is -0.122. The summed E-state index contributed by atoms with van der Waals surface area (Å²) in [5, 5.41) is 3.69. The fourth-order valence-corrected chi connectivity index (χ4v) is 4.06. The summed E-state index contributed by atoms with van der Waals surface area (Å²) in [6, 6.07) is 11.1. The van der Waals surface area contributed by atoms with Crippen LogP contribution in [0.15, 0.2) is 55.1 Å². The lowest BCUT2D eigenvalue weighted by Crippen LogP contribution is -2.41. The van der Waals surface area contributed by atoms with Gasteiger partial charge in [0.1, 0.15) is 12.1 Å². The maximum atomic E-state index is 12.9. The molecule has 0 aliphatic carbocycles. The van der Waals surface area contributed by atoms with Gasteiger partial charge in [-0.15, -0.1) is 0 Å². The molecule has 3 aromatic rings. The first-order valence-corrected chi connectivity index (χ1v) is 11.6. The fraction of sp³-hybridized carbons (Fsp3) is 0.360. The number of hydrogen-bond donors (Lipinski definition) is 1. The number of carbonyl (C=O) groups excluding carboxylic acids is 2. The molecule has 0 bridgehead atoms. The number of hydrogen-bond acceptors (Lipinski definition) is 5. The van der Waals surface area contributed by atoms with E-state index >= 15 is 0 Å². The third kappa shape index (κ3) is 5.75. The number of halogens is 1. The van der Waals surface area contributed by atoms with Crippen molar-refractivity contribution in [2.75, 3.05) is 13.1 Å². The van der Waals surface area contributed by atoms with Gasteiger partial charge in [-0.25, -0.2) is 9.78 Å². The molecule has 4 rings (SSSR count). The quantitative estimate of drug-likeness (QED) is 0.583. The average molecular weight is 482 g/mol. The third-order valence-corrected chi connectivity index (χ3v) is 5.68. The molecule has 1 fully saturated rings.